The monoisotopic (exact) mass is 428 g/mol. The number of nitrogens with zero attached hydrogens (tertiary/aromatic N) is 3. The number of aliphatic hydroxyl groups is 2. The molecule has 8 heteroatoms. The van der Waals surface area contributed by atoms with E-state index in [9.17, 15) is 10.2 Å². The van der Waals surface area contributed by atoms with Gasteiger partial charge in [-0.3, -0.25) is 9.88 Å². The Morgan fingerprint density at radius 3 is 2.58 bits per heavy atom. The SMILES string of the molecule is COc1ccccc1N1CCN([C@H]2[C@H](O)[C@H](CO)O[C@@H]2CNCc2ccccn2)CC1. The largest absolute Gasteiger partial charge is 0.495 e. The zero-order chi connectivity index (χ0) is 21.6. The average molecular weight is 429 g/mol. The highest BCUT2D eigenvalue weighted by atomic mass is 16.5. The molecule has 0 radical (unpaired) electrons. The van der Waals surface area contributed by atoms with Gasteiger partial charge < -0.3 is 29.9 Å². The summed E-state index contributed by atoms with van der Waals surface area (Å²) in [6.45, 7) is 4.31. The number of methoxy groups -OCH3 is 1. The van der Waals surface area contributed by atoms with Gasteiger partial charge in [0.2, 0.25) is 0 Å². The molecule has 0 aliphatic carbocycles. The minimum atomic E-state index is -0.718. The molecule has 2 aliphatic heterocycles. The maximum atomic E-state index is 10.9. The van der Waals surface area contributed by atoms with Crippen molar-refractivity contribution in [3.05, 3.63) is 54.4 Å². The van der Waals surface area contributed by atoms with Gasteiger partial charge in [0.05, 0.1) is 37.2 Å². The Hall–Kier alpha value is -2.23. The highest BCUT2D eigenvalue weighted by Crippen LogP contribution is 2.31. The Bertz CT molecular complexity index is 816. The first-order chi connectivity index (χ1) is 15.2. The topological polar surface area (TPSA) is 90.3 Å². The third-order valence-corrected chi connectivity index (χ3v) is 6.18. The fourth-order valence-corrected chi connectivity index (χ4v) is 4.59. The van der Waals surface area contributed by atoms with Gasteiger partial charge in [-0.2, -0.15) is 0 Å². The molecule has 3 heterocycles. The predicted molar refractivity (Wildman–Crippen MR) is 118 cm³/mol. The summed E-state index contributed by atoms with van der Waals surface area (Å²) in [6, 6.07) is 13.7. The van der Waals surface area contributed by atoms with Crippen molar-refractivity contribution >= 4 is 5.69 Å². The van der Waals surface area contributed by atoms with Gasteiger partial charge in [0, 0.05) is 45.5 Å². The number of hydrogen-bond acceptors (Lipinski definition) is 8. The molecular formula is C23H32N4O4. The van der Waals surface area contributed by atoms with Crippen LogP contribution in [0.5, 0.6) is 5.75 Å². The van der Waals surface area contributed by atoms with E-state index in [-0.39, 0.29) is 18.8 Å². The maximum absolute atomic E-state index is 10.9. The third-order valence-electron chi connectivity index (χ3n) is 6.18. The molecule has 0 spiro atoms. The number of para-hydroxylation sites is 2. The first-order valence-corrected chi connectivity index (χ1v) is 10.9. The van der Waals surface area contributed by atoms with Gasteiger partial charge in [0.1, 0.15) is 18.0 Å². The number of aliphatic hydroxyl groups excluding tert-OH is 2. The van der Waals surface area contributed by atoms with Gasteiger partial charge >= 0.3 is 0 Å². The van der Waals surface area contributed by atoms with Crippen LogP contribution >= 0.6 is 0 Å². The zero-order valence-corrected chi connectivity index (χ0v) is 17.9. The number of pyridine rings is 1. The Morgan fingerprint density at radius 1 is 1.10 bits per heavy atom. The van der Waals surface area contributed by atoms with Crippen LogP contribution in [0.15, 0.2) is 48.7 Å². The highest BCUT2D eigenvalue weighted by Gasteiger charge is 2.46. The summed E-state index contributed by atoms with van der Waals surface area (Å²) in [7, 11) is 1.69. The summed E-state index contributed by atoms with van der Waals surface area (Å²) in [4.78, 5) is 8.94. The molecule has 8 nitrogen and oxygen atoms in total. The molecule has 4 rings (SSSR count). The second-order valence-corrected chi connectivity index (χ2v) is 8.02. The number of nitrogens with one attached hydrogen (secondary N) is 1. The third kappa shape index (κ3) is 4.99. The van der Waals surface area contributed by atoms with Crippen LogP contribution in [0.1, 0.15) is 5.69 Å². The molecule has 0 unspecified atom stereocenters. The molecule has 2 aliphatic rings. The van der Waals surface area contributed by atoms with E-state index in [1.807, 2.05) is 36.4 Å². The van der Waals surface area contributed by atoms with E-state index in [2.05, 4.69) is 26.2 Å². The van der Waals surface area contributed by atoms with Crippen molar-refractivity contribution in [2.75, 3.05) is 51.3 Å². The summed E-state index contributed by atoms with van der Waals surface area (Å²) in [5, 5.41) is 23.9. The van der Waals surface area contributed by atoms with E-state index in [4.69, 9.17) is 9.47 Å². The van der Waals surface area contributed by atoms with Crippen molar-refractivity contribution in [2.45, 2.75) is 30.9 Å². The van der Waals surface area contributed by atoms with Crippen LogP contribution in [0.4, 0.5) is 5.69 Å². The molecule has 4 atom stereocenters. The normalized spacial score (nSPS) is 26.9. The fraction of sp³-hybridized carbons (Fsp3) is 0.522. The summed E-state index contributed by atoms with van der Waals surface area (Å²) in [6.07, 6.45) is 0.301. The van der Waals surface area contributed by atoms with Crippen molar-refractivity contribution < 1.29 is 19.7 Å². The van der Waals surface area contributed by atoms with Crippen molar-refractivity contribution in [2.24, 2.45) is 0 Å². The van der Waals surface area contributed by atoms with E-state index in [1.54, 1.807) is 13.3 Å². The molecule has 1 aromatic heterocycles. The van der Waals surface area contributed by atoms with Crippen LogP contribution in [0.2, 0.25) is 0 Å². The number of hydrogen-bond donors (Lipinski definition) is 3. The van der Waals surface area contributed by atoms with Crippen molar-refractivity contribution in [3.8, 4) is 5.75 Å². The summed E-state index contributed by atoms with van der Waals surface area (Å²) < 4.78 is 11.5. The van der Waals surface area contributed by atoms with Crippen LogP contribution in [0.25, 0.3) is 0 Å². The Morgan fingerprint density at radius 2 is 1.87 bits per heavy atom. The summed E-state index contributed by atoms with van der Waals surface area (Å²) in [5.41, 5.74) is 2.05. The van der Waals surface area contributed by atoms with Crippen molar-refractivity contribution in [1.29, 1.82) is 0 Å². The van der Waals surface area contributed by atoms with Gasteiger partial charge in [-0.25, -0.2) is 0 Å². The van der Waals surface area contributed by atoms with E-state index in [0.717, 1.165) is 43.3 Å². The van der Waals surface area contributed by atoms with Crippen LogP contribution in [-0.2, 0) is 11.3 Å². The lowest BCUT2D eigenvalue weighted by Gasteiger charge is -2.41. The summed E-state index contributed by atoms with van der Waals surface area (Å²) in [5.74, 6) is 0.872. The first kappa shape index (κ1) is 22.0. The minimum absolute atomic E-state index is 0.159. The summed E-state index contributed by atoms with van der Waals surface area (Å²) >= 11 is 0. The molecule has 0 bridgehead atoms. The van der Waals surface area contributed by atoms with E-state index in [0.29, 0.717) is 13.1 Å². The smallest absolute Gasteiger partial charge is 0.142 e. The second kappa shape index (κ2) is 10.4. The molecule has 2 fully saturated rings. The lowest BCUT2D eigenvalue weighted by Crippen LogP contribution is -2.57. The van der Waals surface area contributed by atoms with Gasteiger partial charge in [0.25, 0.3) is 0 Å². The van der Waals surface area contributed by atoms with E-state index < -0.39 is 12.2 Å². The number of anilines is 1. The second-order valence-electron chi connectivity index (χ2n) is 8.02. The standard InChI is InChI=1S/C23H32N4O4/c1-30-19-8-3-2-7-18(19)26-10-12-27(13-11-26)22-20(31-21(16-28)23(22)29)15-24-14-17-6-4-5-9-25-17/h2-9,20-24,28-29H,10-16H2,1H3/t20-,21+,22-,23-/m1/s1. The van der Waals surface area contributed by atoms with Crippen LogP contribution in [0.3, 0.4) is 0 Å². The molecule has 31 heavy (non-hydrogen) atoms. The minimum Gasteiger partial charge on any atom is -0.495 e. The van der Waals surface area contributed by atoms with Gasteiger partial charge in [-0.05, 0) is 24.3 Å². The molecule has 3 N–H and O–H groups in total. The molecule has 168 valence electrons. The Kier molecular flexibility index (Phi) is 7.37. The number of rotatable bonds is 8. The molecule has 2 aromatic rings. The molecule has 1 aromatic carbocycles. The predicted octanol–water partition coefficient (Wildman–Crippen LogP) is 0.491. The van der Waals surface area contributed by atoms with Crippen LogP contribution < -0.4 is 15.0 Å². The highest BCUT2D eigenvalue weighted by molar-refractivity contribution is 5.58. The Labute approximate surface area is 183 Å². The van der Waals surface area contributed by atoms with Gasteiger partial charge in [-0.1, -0.05) is 18.2 Å². The fourth-order valence-electron chi connectivity index (χ4n) is 4.59. The lowest BCUT2D eigenvalue weighted by atomic mass is 10.0. The molecule has 0 amide bonds. The van der Waals surface area contributed by atoms with Gasteiger partial charge in [-0.15, -0.1) is 0 Å². The number of piperazine rings is 1. The molecule has 2 saturated heterocycles. The maximum Gasteiger partial charge on any atom is 0.142 e. The van der Waals surface area contributed by atoms with Crippen molar-refractivity contribution in [3.63, 3.8) is 0 Å². The van der Waals surface area contributed by atoms with E-state index in [1.165, 1.54) is 0 Å². The Balaban J connectivity index is 1.37. The molecular weight excluding hydrogens is 396 g/mol. The first-order valence-electron chi connectivity index (χ1n) is 10.9. The van der Waals surface area contributed by atoms with Crippen LogP contribution in [0, 0.1) is 0 Å². The average Bonchev–Trinajstić information content (AvgIpc) is 3.15. The van der Waals surface area contributed by atoms with Crippen molar-refractivity contribution in [1.82, 2.24) is 15.2 Å². The lowest BCUT2D eigenvalue weighted by molar-refractivity contribution is -0.0213. The number of benzene rings is 1. The quantitative estimate of drug-likeness (QED) is 0.560. The van der Waals surface area contributed by atoms with E-state index >= 15 is 0 Å². The molecule has 0 saturated carbocycles. The van der Waals surface area contributed by atoms with Gasteiger partial charge in [0.15, 0.2) is 0 Å². The number of aromatic nitrogens is 1. The van der Waals surface area contributed by atoms with Crippen LogP contribution in [-0.4, -0.2) is 90.9 Å². The zero-order valence-electron chi connectivity index (χ0n) is 17.9. The number of ether oxygens (including phenoxy) is 2.